The molecule has 1 aromatic rings. The predicted molar refractivity (Wildman–Crippen MR) is 80.7 cm³/mol. The van der Waals surface area contributed by atoms with Gasteiger partial charge in [0.05, 0.1) is 11.0 Å². The first-order chi connectivity index (χ1) is 9.50. The zero-order valence-corrected chi connectivity index (χ0v) is 13.0. The highest BCUT2D eigenvalue weighted by molar-refractivity contribution is 5.85. The normalized spacial score (nSPS) is 16.5. The van der Waals surface area contributed by atoms with Crippen molar-refractivity contribution in [1.29, 1.82) is 0 Å². The third kappa shape index (κ3) is 4.70. The lowest BCUT2D eigenvalue weighted by Gasteiger charge is -2.34. The number of nitrogens with zero attached hydrogens (tertiary/aromatic N) is 2. The number of hydrogen-bond donors (Lipinski definition) is 1. The van der Waals surface area contributed by atoms with Crippen LogP contribution in [0.3, 0.4) is 0 Å². The van der Waals surface area contributed by atoms with Crippen LogP contribution in [0.4, 0.5) is 18.9 Å². The largest absolute Gasteiger partial charge is 0.314 e. The van der Waals surface area contributed by atoms with Gasteiger partial charge in [0.15, 0.2) is 0 Å². The first-order valence-corrected chi connectivity index (χ1v) is 6.17. The van der Waals surface area contributed by atoms with Crippen LogP contribution in [0.5, 0.6) is 0 Å². The highest BCUT2D eigenvalue weighted by Crippen LogP contribution is 2.31. The number of nitro groups is 1. The summed E-state index contributed by atoms with van der Waals surface area (Å²) in [5, 5.41) is 13.7. The molecule has 1 aliphatic heterocycles. The number of benzene rings is 1. The van der Waals surface area contributed by atoms with Crippen LogP contribution in [-0.4, -0.2) is 42.4 Å². The standard InChI is InChI=1S/C12H14F3N3O2.2ClH/c13-9-2-1-8(7-10(9)18(19)20)11(12(14)15)17-5-3-16-4-6-17;;/h1-2,7,11-12,16H,3-6H2;2*1H/t11-;;/m1../s1. The van der Waals surface area contributed by atoms with Gasteiger partial charge < -0.3 is 5.32 Å². The Morgan fingerprint density at radius 2 is 1.82 bits per heavy atom. The second kappa shape index (κ2) is 9.14. The molecule has 1 aliphatic rings. The van der Waals surface area contributed by atoms with Crippen molar-refractivity contribution in [1.82, 2.24) is 10.2 Å². The molecule has 0 aromatic heterocycles. The maximum Gasteiger partial charge on any atom is 0.305 e. The third-order valence-corrected chi connectivity index (χ3v) is 3.29. The van der Waals surface area contributed by atoms with E-state index in [1.807, 2.05) is 0 Å². The summed E-state index contributed by atoms with van der Waals surface area (Å²) in [5.41, 5.74) is -0.710. The van der Waals surface area contributed by atoms with Crippen molar-refractivity contribution < 1.29 is 18.1 Å². The fourth-order valence-electron chi connectivity index (χ4n) is 2.33. The lowest BCUT2D eigenvalue weighted by molar-refractivity contribution is -0.387. The monoisotopic (exact) mass is 361 g/mol. The summed E-state index contributed by atoms with van der Waals surface area (Å²) < 4.78 is 39.8. The van der Waals surface area contributed by atoms with Crippen LogP contribution in [0.15, 0.2) is 18.2 Å². The lowest BCUT2D eigenvalue weighted by Crippen LogP contribution is -2.46. The van der Waals surface area contributed by atoms with Gasteiger partial charge in [0, 0.05) is 32.2 Å². The first kappa shape index (κ1) is 20.9. The average molecular weight is 362 g/mol. The molecule has 0 radical (unpaired) electrons. The lowest BCUT2D eigenvalue weighted by atomic mass is 10.0. The van der Waals surface area contributed by atoms with Gasteiger partial charge in [-0.25, -0.2) is 8.78 Å². The highest BCUT2D eigenvalue weighted by Gasteiger charge is 2.31. The van der Waals surface area contributed by atoms with Crippen LogP contribution in [-0.2, 0) is 0 Å². The van der Waals surface area contributed by atoms with Gasteiger partial charge in [0.1, 0.15) is 0 Å². The first-order valence-electron chi connectivity index (χ1n) is 6.17. The molecule has 126 valence electrons. The Hall–Kier alpha value is -1.09. The van der Waals surface area contributed by atoms with Gasteiger partial charge in [-0.2, -0.15) is 4.39 Å². The van der Waals surface area contributed by atoms with Crippen molar-refractivity contribution >= 4 is 30.5 Å². The van der Waals surface area contributed by atoms with Crippen LogP contribution >= 0.6 is 24.8 Å². The molecule has 0 saturated carbocycles. The summed E-state index contributed by atoms with van der Waals surface area (Å²) in [5.74, 6) is -1.02. The number of hydrogen-bond acceptors (Lipinski definition) is 4. The number of halogens is 5. The number of nitrogens with one attached hydrogen (secondary N) is 1. The summed E-state index contributed by atoms with van der Waals surface area (Å²) in [7, 11) is 0. The molecule has 1 saturated heterocycles. The molecule has 22 heavy (non-hydrogen) atoms. The fourth-order valence-corrected chi connectivity index (χ4v) is 2.33. The third-order valence-electron chi connectivity index (χ3n) is 3.29. The van der Waals surface area contributed by atoms with Gasteiger partial charge in [-0.05, 0) is 11.6 Å². The van der Waals surface area contributed by atoms with E-state index in [1.54, 1.807) is 4.90 Å². The summed E-state index contributed by atoms with van der Waals surface area (Å²) in [6.45, 7) is 1.99. The Labute approximate surface area is 137 Å². The van der Waals surface area contributed by atoms with Crippen molar-refractivity contribution in [3.8, 4) is 0 Å². The second-order valence-corrected chi connectivity index (χ2v) is 4.53. The summed E-state index contributed by atoms with van der Waals surface area (Å²) in [4.78, 5) is 11.3. The number of alkyl halides is 2. The van der Waals surface area contributed by atoms with Crippen LogP contribution < -0.4 is 5.32 Å². The van der Waals surface area contributed by atoms with E-state index in [4.69, 9.17) is 0 Å². The minimum Gasteiger partial charge on any atom is -0.314 e. The molecule has 2 rings (SSSR count). The van der Waals surface area contributed by atoms with Gasteiger partial charge in [0.25, 0.3) is 6.43 Å². The summed E-state index contributed by atoms with van der Waals surface area (Å²) in [6.07, 6.45) is -2.70. The average Bonchev–Trinajstić information content (AvgIpc) is 2.41. The Kier molecular flexibility index (Phi) is 8.69. The Morgan fingerprint density at radius 1 is 1.23 bits per heavy atom. The predicted octanol–water partition coefficient (Wildman–Crippen LogP) is 2.79. The molecule has 0 aliphatic carbocycles. The van der Waals surface area contributed by atoms with E-state index in [1.165, 1.54) is 6.07 Å². The SMILES string of the molecule is Cl.Cl.O=[N+]([O-])c1cc([C@H](C(F)F)N2CCNCC2)ccc1F. The molecule has 0 amide bonds. The zero-order chi connectivity index (χ0) is 14.7. The molecule has 1 fully saturated rings. The quantitative estimate of drug-likeness (QED) is 0.661. The van der Waals surface area contributed by atoms with Gasteiger partial charge in [0.2, 0.25) is 5.82 Å². The Morgan fingerprint density at radius 3 is 2.32 bits per heavy atom. The molecule has 1 atom stereocenters. The molecule has 1 aromatic carbocycles. The van der Waals surface area contributed by atoms with E-state index < -0.39 is 28.9 Å². The maximum absolute atomic E-state index is 13.3. The van der Waals surface area contributed by atoms with E-state index in [9.17, 15) is 23.3 Å². The second-order valence-electron chi connectivity index (χ2n) is 4.53. The van der Waals surface area contributed by atoms with E-state index in [-0.39, 0.29) is 30.4 Å². The van der Waals surface area contributed by atoms with E-state index in [0.717, 1.165) is 12.1 Å². The molecule has 0 bridgehead atoms. The highest BCUT2D eigenvalue weighted by atomic mass is 35.5. The molecule has 0 spiro atoms. The smallest absolute Gasteiger partial charge is 0.305 e. The van der Waals surface area contributed by atoms with Crippen molar-refractivity contribution in [3.05, 3.63) is 39.7 Å². The minimum absolute atomic E-state index is 0. The van der Waals surface area contributed by atoms with Crippen molar-refractivity contribution in [2.75, 3.05) is 26.2 Å². The van der Waals surface area contributed by atoms with Crippen LogP contribution in [0.25, 0.3) is 0 Å². The minimum atomic E-state index is -2.70. The van der Waals surface area contributed by atoms with Gasteiger partial charge in [-0.15, -0.1) is 24.8 Å². The van der Waals surface area contributed by atoms with E-state index in [2.05, 4.69) is 5.32 Å². The maximum atomic E-state index is 13.3. The Bertz CT molecular complexity index is 503. The van der Waals surface area contributed by atoms with Gasteiger partial charge >= 0.3 is 5.69 Å². The number of nitro benzene ring substituents is 1. The number of piperazine rings is 1. The summed E-state index contributed by atoms with van der Waals surface area (Å²) in [6, 6.07) is 1.69. The summed E-state index contributed by atoms with van der Waals surface area (Å²) >= 11 is 0. The fraction of sp³-hybridized carbons (Fsp3) is 0.500. The number of rotatable bonds is 4. The van der Waals surface area contributed by atoms with E-state index >= 15 is 0 Å². The molecule has 5 nitrogen and oxygen atoms in total. The van der Waals surface area contributed by atoms with Crippen LogP contribution in [0.2, 0.25) is 0 Å². The molecule has 0 unspecified atom stereocenters. The van der Waals surface area contributed by atoms with Crippen molar-refractivity contribution in [2.24, 2.45) is 0 Å². The molecule has 1 heterocycles. The molecule has 1 N–H and O–H groups in total. The molecular weight excluding hydrogens is 346 g/mol. The van der Waals surface area contributed by atoms with E-state index in [0.29, 0.717) is 26.2 Å². The Balaban J connectivity index is 0.00000220. The van der Waals surface area contributed by atoms with Crippen molar-refractivity contribution in [3.63, 3.8) is 0 Å². The van der Waals surface area contributed by atoms with Gasteiger partial charge in [-0.1, -0.05) is 6.07 Å². The molecular formula is C12H16Cl2F3N3O2. The topological polar surface area (TPSA) is 58.4 Å². The van der Waals surface area contributed by atoms with Crippen LogP contribution in [0.1, 0.15) is 11.6 Å². The molecule has 10 heteroatoms. The zero-order valence-electron chi connectivity index (χ0n) is 11.4. The van der Waals surface area contributed by atoms with Crippen molar-refractivity contribution in [2.45, 2.75) is 12.5 Å². The van der Waals surface area contributed by atoms with Crippen LogP contribution in [0, 0.1) is 15.9 Å². The van der Waals surface area contributed by atoms with Gasteiger partial charge in [-0.3, -0.25) is 15.0 Å².